The molecular formula is C5H5O3+. The van der Waals surface area contributed by atoms with E-state index in [1.54, 1.807) is 0 Å². The van der Waals surface area contributed by atoms with Crippen LogP contribution in [0.25, 0.3) is 0 Å². The zero-order valence-electron chi connectivity index (χ0n) is 4.13. The lowest BCUT2D eigenvalue weighted by Crippen LogP contribution is -2.10. The van der Waals surface area contributed by atoms with Gasteiger partial charge in [-0.1, -0.05) is 0 Å². The number of allylic oxidation sites excluding steroid dienone is 1. The average Bonchev–Trinajstić information content (AvgIpc) is 1.67. The second-order valence-corrected chi connectivity index (χ2v) is 1.07. The van der Waals surface area contributed by atoms with E-state index in [-0.39, 0.29) is 0 Å². The molecule has 0 bridgehead atoms. The molecule has 0 aromatic carbocycles. The molecule has 42 valence electrons. The lowest BCUT2D eigenvalue weighted by atomic mass is 10.3. The highest BCUT2D eigenvalue weighted by atomic mass is 16.4. The van der Waals surface area contributed by atoms with E-state index in [2.05, 4.69) is 6.58 Å². The second kappa shape index (κ2) is 2.85. The van der Waals surface area contributed by atoms with E-state index in [1.807, 2.05) is 0 Å². The molecule has 0 aliphatic heterocycles. The van der Waals surface area contributed by atoms with Crippen LogP contribution >= 0.6 is 0 Å². The third-order valence-electron chi connectivity index (χ3n) is 0.480. The minimum atomic E-state index is -1.45. The Labute approximate surface area is 46.6 Å². The van der Waals surface area contributed by atoms with Crippen molar-refractivity contribution in [3.63, 3.8) is 0 Å². The first-order valence-corrected chi connectivity index (χ1v) is 1.91. The predicted octanol–water partition coefficient (Wildman–Crippen LogP) is 0.0304. The molecule has 0 rings (SSSR count). The molecular weight excluding hydrogens is 108 g/mol. The number of hydrogen-bond donors (Lipinski definition) is 1. The number of rotatable bonds is 3. The second-order valence-electron chi connectivity index (χ2n) is 1.07. The van der Waals surface area contributed by atoms with Crippen LogP contribution in [0.4, 0.5) is 0 Å². The number of ketones is 1. The van der Waals surface area contributed by atoms with Crippen molar-refractivity contribution in [1.82, 2.24) is 0 Å². The summed E-state index contributed by atoms with van der Waals surface area (Å²) in [5, 5.41) is 7.88. The largest absolute Gasteiger partial charge is 0.475 e. The van der Waals surface area contributed by atoms with Gasteiger partial charge in [0.15, 0.2) is 0 Å². The Balaban J connectivity index is 3.65. The number of carbonyl (C=O) groups is 2. The number of carbonyl (C=O) groups excluding carboxylic acids is 1. The lowest BCUT2D eigenvalue weighted by Gasteiger charge is -1.73. The number of carboxylic acid groups (broad SMARTS) is 1. The molecule has 0 aromatic heterocycles. The first kappa shape index (κ1) is 6.75. The highest BCUT2D eigenvalue weighted by Gasteiger charge is 2.16. The van der Waals surface area contributed by atoms with Crippen molar-refractivity contribution in [3.8, 4) is 0 Å². The molecule has 0 aliphatic rings. The lowest BCUT2D eigenvalue weighted by molar-refractivity contribution is -0.147. The summed E-state index contributed by atoms with van der Waals surface area (Å²) < 4.78 is 0. The Morgan fingerprint density at radius 2 is 2.12 bits per heavy atom. The molecule has 1 N–H and O–H groups in total. The SMILES string of the molecule is C=C[CH+]C(=O)C(=O)O. The molecule has 0 atom stereocenters. The van der Waals surface area contributed by atoms with Crippen molar-refractivity contribution in [2.75, 3.05) is 0 Å². The molecule has 0 saturated heterocycles. The summed E-state index contributed by atoms with van der Waals surface area (Å²) in [5.41, 5.74) is 0. The Morgan fingerprint density at radius 1 is 1.62 bits per heavy atom. The van der Waals surface area contributed by atoms with Crippen LogP contribution in [0.3, 0.4) is 0 Å². The highest BCUT2D eigenvalue weighted by molar-refractivity contribution is 6.36. The molecule has 0 radical (unpaired) electrons. The van der Waals surface area contributed by atoms with Crippen molar-refractivity contribution < 1.29 is 14.7 Å². The first-order chi connectivity index (χ1) is 3.68. The van der Waals surface area contributed by atoms with E-state index in [9.17, 15) is 9.59 Å². The van der Waals surface area contributed by atoms with Gasteiger partial charge in [0.25, 0.3) is 0 Å². The van der Waals surface area contributed by atoms with Crippen molar-refractivity contribution in [1.29, 1.82) is 0 Å². The van der Waals surface area contributed by atoms with Gasteiger partial charge < -0.3 is 5.11 Å². The van der Waals surface area contributed by atoms with Crippen LogP contribution in [0, 0.1) is 6.42 Å². The van der Waals surface area contributed by atoms with Gasteiger partial charge in [0.2, 0.25) is 0 Å². The highest BCUT2D eigenvalue weighted by Crippen LogP contribution is 1.79. The van der Waals surface area contributed by atoms with E-state index in [1.165, 1.54) is 0 Å². The molecule has 0 aliphatic carbocycles. The molecule has 0 aromatic rings. The number of hydrogen-bond acceptors (Lipinski definition) is 2. The molecule has 0 unspecified atom stereocenters. The zero-order valence-corrected chi connectivity index (χ0v) is 4.13. The third kappa shape index (κ3) is 2.02. The summed E-state index contributed by atoms with van der Waals surface area (Å²) in [7, 11) is 0. The van der Waals surface area contributed by atoms with Crippen molar-refractivity contribution >= 4 is 11.8 Å². The smallest absolute Gasteiger partial charge is 0.416 e. The minimum absolute atomic E-state index is 0.891. The number of aliphatic carboxylic acids is 1. The van der Waals surface area contributed by atoms with Crippen LogP contribution in [0.5, 0.6) is 0 Å². The fourth-order valence-corrected chi connectivity index (χ4v) is 0.178. The van der Waals surface area contributed by atoms with Gasteiger partial charge in [-0.15, -0.1) is 0 Å². The van der Waals surface area contributed by atoms with E-state index in [0.29, 0.717) is 0 Å². The molecule has 3 heteroatoms. The van der Waals surface area contributed by atoms with Gasteiger partial charge >= 0.3 is 11.8 Å². The van der Waals surface area contributed by atoms with E-state index in [0.717, 1.165) is 12.5 Å². The zero-order chi connectivity index (χ0) is 6.57. The molecule has 0 spiro atoms. The van der Waals surface area contributed by atoms with Gasteiger partial charge in [-0.2, -0.15) is 4.79 Å². The quantitative estimate of drug-likeness (QED) is 0.415. The molecule has 3 nitrogen and oxygen atoms in total. The van der Waals surface area contributed by atoms with Crippen LogP contribution in [-0.4, -0.2) is 16.9 Å². The maximum atomic E-state index is 10.0. The molecule has 0 fully saturated rings. The van der Waals surface area contributed by atoms with E-state index < -0.39 is 11.8 Å². The fourth-order valence-electron chi connectivity index (χ4n) is 0.178. The van der Waals surface area contributed by atoms with Crippen LogP contribution in [0.15, 0.2) is 12.7 Å². The Hall–Kier alpha value is -1.25. The standard InChI is InChI=1S/C5H4O3/c1-2-3-4(6)5(7)8/h2-3H,1H2/p+1. The number of carboxylic acids is 1. The molecule has 8 heavy (non-hydrogen) atoms. The molecule has 0 amide bonds. The van der Waals surface area contributed by atoms with Gasteiger partial charge in [-0.3, -0.25) is 0 Å². The van der Waals surface area contributed by atoms with Gasteiger partial charge in [0.05, 0.1) is 6.42 Å². The van der Waals surface area contributed by atoms with Crippen molar-refractivity contribution in [2.45, 2.75) is 0 Å². The van der Waals surface area contributed by atoms with Gasteiger partial charge in [0, 0.05) is 6.08 Å². The summed E-state index contributed by atoms with van der Waals surface area (Å²) in [5.74, 6) is -2.40. The molecule has 0 saturated carbocycles. The predicted molar refractivity (Wildman–Crippen MR) is 27.1 cm³/mol. The Morgan fingerprint density at radius 3 is 2.25 bits per heavy atom. The average molecular weight is 113 g/mol. The minimum Gasteiger partial charge on any atom is -0.416 e. The summed E-state index contributed by atoms with van der Waals surface area (Å²) in [6, 6.07) is 0. The van der Waals surface area contributed by atoms with Gasteiger partial charge in [0.1, 0.15) is 0 Å². The first-order valence-electron chi connectivity index (χ1n) is 1.91. The maximum absolute atomic E-state index is 10.0. The van der Waals surface area contributed by atoms with Crippen molar-refractivity contribution in [3.05, 3.63) is 19.1 Å². The Bertz CT molecular complexity index is 126. The summed E-state index contributed by atoms with van der Waals surface area (Å²) >= 11 is 0. The van der Waals surface area contributed by atoms with Crippen LogP contribution < -0.4 is 0 Å². The Kier molecular flexibility index (Phi) is 2.40. The summed E-state index contributed by atoms with van der Waals surface area (Å²) in [6.07, 6.45) is 2.03. The van der Waals surface area contributed by atoms with Crippen LogP contribution in [0.2, 0.25) is 0 Å². The van der Waals surface area contributed by atoms with Crippen LogP contribution in [0.1, 0.15) is 0 Å². The van der Waals surface area contributed by atoms with Gasteiger partial charge in [-0.05, 0) is 6.58 Å². The van der Waals surface area contributed by atoms with Gasteiger partial charge in [-0.25, -0.2) is 4.79 Å². The van der Waals surface area contributed by atoms with Crippen molar-refractivity contribution in [2.24, 2.45) is 0 Å². The third-order valence-corrected chi connectivity index (χ3v) is 0.480. The summed E-state index contributed by atoms with van der Waals surface area (Å²) in [6.45, 7) is 3.14. The summed E-state index contributed by atoms with van der Waals surface area (Å²) in [4.78, 5) is 19.7. The van der Waals surface area contributed by atoms with E-state index >= 15 is 0 Å². The fraction of sp³-hybridized carbons (Fsp3) is 0. The normalized spacial score (nSPS) is 7.50. The monoisotopic (exact) mass is 113 g/mol. The maximum Gasteiger partial charge on any atom is 0.475 e. The van der Waals surface area contributed by atoms with E-state index in [4.69, 9.17) is 5.11 Å². The molecule has 0 heterocycles. The number of Topliss-reactive ketones (excluding diaryl/α,β-unsaturated/α-hetero) is 1. The topological polar surface area (TPSA) is 54.4 Å². The van der Waals surface area contributed by atoms with Crippen LogP contribution in [-0.2, 0) is 9.59 Å².